The van der Waals surface area contributed by atoms with Crippen LogP contribution in [0.25, 0.3) is 10.6 Å². The van der Waals surface area contributed by atoms with Crippen molar-refractivity contribution < 1.29 is 4.79 Å². The van der Waals surface area contributed by atoms with Crippen LogP contribution in [0.1, 0.15) is 53.5 Å². The van der Waals surface area contributed by atoms with E-state index in [1.165, 1.54) is 36.2 Å². The van der Waals surface area contributed by atoms with Gasteiger partial charge >= 0.3 is 0 Å². The molecule has 0 radical (unpaired) electrons. The molecule has 0 aliphatic carbocycles. The molecule has 2 aromatic rings. The molecule has 0 spiro atoms. The van der Waals surface area contributed by atoms with Gasteiger partial charge in [-0.05, 0) is 19.8 Å². The number of aldehydes is 1. The van der Waals surface area contributed by atoms with Gasteiger partial charge in [-0.25, -0.2) is 4.98 Å². The molecule has 0 bridgehead atoms. The summed E-state index contributed by atoms with van der Waals surface area (Å²) < 4.78 is 0. The maximum Gasteiger partial charge on any atom is 0.161 e. The third-order valence-electron chi connectivity index (χ3n) is 3.40. The lowest BCUT2D eigenvalue weighted by Gasteiger charge is -1.98. The Morgan fingerprint density at radius 1 is 1.15 bits per heavy atom. The van der Waals surface area contributed by atoms with Crippen molar-refractivity contribution in [3.05, 3.63) is 40.4 Å². The molecule has 0 amide bonds. The lowest BCUT2D eigenvalue weighted by Crippen LogP contribution is -1.91. The Hall–Kier alpha value is -1.48. The van der Waals surface area contributed by atoms with Crippen molar-refractivity contribution in [2.45, 2.75) is 46.0 Å². The number of hydrogen-bond acceptors (Lipinski definition) is 3. The summed E-state index contributed by atoms with van der Waals surface area (Å²) >= 11 is 1.50. The van der Waals surface area contributed by atoms with Crippen LogP contribution in [0, 0.1) is 6.92 Å². The fourth-order valence-corrected chi connectivity index (χ4v) is 3.11. The molecule has 0 N–H and O–H groups in total. The molecule has 0 unspecified atom stereocenters. The highest BCUT2D eigenvalue weighted by atomic mass is 32.1. The zero-order valence-electron chi connectivity index (χ0n) is 12.2. The van der Waals surface area contributed by atoms with Crippen molar-refractivity contribution in [3.63, 3.8) is 0 Å². The summed E-state index contributed by atoms with van der Waals surface area (Å²) in [6, 6.07) is 8.31. The monoisotopic (exact) mass is 287 g/mol. The van der Waals surface area contributed by atoms with E-state index in [4.69, 9.17) is 0 Å². The van der Waals surface area contributed by atoms with E-state index in [1.807, 2.05) is 0 Å². The highest BCUT2D eigenvalue weighted by Crippen LogP contribution is 2.28. The smallest absolute Gasteiger partial charge is 0.161 e. The Labute approximate surface area is 124 Å². The third kappa shape index (κ3) is 3.76. The minimum absolute atomic E-state index is 0.789. The Balaban J connectivity index is 2.13. The first-order valence-corrected chi connectivity index (χ1v) is 8.08. The van der Waals surface area contributed by atoms with Crippen LogP contribution in [0.4, 0.5) is 0 Å². The number of nitrogens with zero attached hydrogens (tertiary/aromatic N) is 1. The maximum atomic E-state index is 11.2. The van der Waals surface area contributed by atoms with E-state index >= 15 is 0 Å². The molecule has 0 saturated heterocycles. The van der Waals surface area contributed by atoms with Gasteiger partial charge in [0, 0.05) is 5.56 Å². The van der Waals surface area contributed by atoms with E-state index < -0.39 is 0 Å². The molecular formula is C17H21NOS. The van der Waals surface area contributed by atoms with Crippen LogP contribution in [0.5, 0.6) is 0 Å². The summed E-state index contributed by atoms with van der Waals surface area (Å²) in [4.78, 5) is 16.6. The second kappa shape index (κ2) is 7.34. The molecule has 20 heavy (non-hydrogen) atoms. The molecule has 1 aromatic heterocycles. The first-order chi connectivity index (χ1) is 9.74. The van der Waals surface area contributed by atoms with E-state index in [0.29, 0.717) is 0 Å². The Bertz CT molecular complexity index is 557. The van der Waals surface area contributed by atoms with Gasteiger partial charge in [0.25, 0.3) is 0 Å². The SMILES string of the molecule is CCCCCCc1nc(-c2ccc(C)cc2)sc1C=O. The van der Waals surface area contributed by atoms with Crippen molar-refractivity contribution in [1.82, 2.24) is 4.98 Å². The first-order valence-electron chi connectivity index (χ1n) is 7.26. The van der Waals surface area contributed by atoms with Gasteiger partial charge in [0.2, 0.25) is 0 Å². The molecule has 0 aliphatic heterocycles. The minimum atomic E-state index is 0.789. The molecule has 0 aliphatic rings. The van der Waals surface area contributed by atoms with Crippen LogP contribution in [-0.4, -0.2) is 11.3 Å². The van der Waals surface area contributed by atoms with E-state index in [-0.39, 0.29) is 0 Å². The Kier molecular flexibility index (Phi) is 5.48. The maximum absolute atomic E-state index is 11.2. The highest BCUT2D eigenvalue weighted by molar-refractivity contribution is 7.16. The average Bonchev–Trinajstić information content (AvgIpc) is 2.87. The number of thiazole rings is 1. The van der Waals surface area contributed by atoms with Crippen LogP contribution < -0.4 is 0 Å². The van der Waals surface area contributed by atoms with Gasteiger partial charge in [-0.2, -0.15) is 0 Å². The summed E-state index contributed by atoms with van der Waals surface area (Å²) in [5.41, 5.74) is 3.31. The molecule has 106 valence electrons. The van der Waals surface area contributed by atoms with Crippen LogP contribution in [-0.2, 0) is 6.42 Å². The lowest BCUT2D eigenvalue weighted by molar-refractivity contribution is 0.112. The van der Waals surface area contributed by atoms with E-state index in [2.05, 4.69) is 43.1 Å². The number of unbranched alkanes of at least 4 members (excludes halogenated alkanes) is 3. The largest absolute Gasteiger partial charge is 0.297 e. The van der Waals surface area contributed by atoms with Crippen molar-refractivity contribution in [1.29, 1.82) is 0 Å². The van der Waals surface area contributed by atoms with Gasteiger partial charge in [0.05, 0.1) is 10.6 Å². The van der Waals surface area contributed by atoms with Gasteiger partial charge < -0.3 is 0 Å². The molecule has 0 saturated carbocycles. The minimum Gasteiger partial charge on any atom is -0.297 e. The summed E-state index contributed by atoms with van der Waals surface area (Å²) in [6.45, 7) is 4.27. The quantitative estimate of drug-likeness (QED) is 0.526. The van der Waals surface area contributed by atoms with Crippen molar-refractivity contribution in [3.8, 4) is 10.6 Å². The number of rotatable bonds is 7. The normalized spacial score (nSPS) is 10.7. The predicted molar refractivity (Wildman–Crippen MR) is 85.5 cm³/mol. The molecule has 0 atom stereocenters. The fourth-order valence-electron chi connectivity index (χ4n) is 2.17. The number of hydrogen-bond donors (Lipinski definition) is 0. The van der Waals surface area contributed by atoms with E-state index in [9.17, 15) is 4.79 Å². The molecule has 3 heteroatoms. The Morgan fingerprint density at radius 2 is 1.90 bits per heavy atom. The van der Waals surface area contributed by atoms with E-state index in [0.717, 1.165) is 40.3 Å². The number of carbonyl (C=O) groups excluding carboxylic acids is 1. The van der Waals surface area contributed by atoms with Crippen LogP contribution >= 0.6 is 11.3 Å². The van der Waals surface area contributed by atoms with Gasteiger partial charge in [0.15, 0.2) is 6.29 Å². The topological polar surface area (TPSA) is 30.0 Å². The predicted octanol–water partition coefficient (Wildman–Crippen LogP) is 5.05. The summed E-state index contributed by atoms with van der Waals surface area (Å²) in [5, 5.41) is 0.956. The van der Waals surface area contributed by atoms with Gasteiger partial charge in [-0.3, -0.25) is 4.79 Å². The highest BCUT2D eigenvalue weighted by Gasteiger charge is 2.11. The summed E-state index contributed by atoms with van der Waals surface area (Å²) in [6.07, 6.45) is 6.68. The van der Waals surface area contributed by atoms with Crippen LogP contribution in [0.15, 0.2) is 24.3 Å². The van der Waals surface area contributed by atoms with Crippen LogP contribution in [0.3, 0.4) is 0 Å². The number of benzene rings is 1. The molecule has 2 nitrogen and oxygen atoms in total. The Morgan fingerprint density at radius 3 is 2.55 bits per heavy atom. The van der Waals surface area contributed by atoms with Crippen LogP contribution in [0.2, 0.25) is 0 Å². The molecule has 1 aromatic carbocycles. The zero-order chi connectivity index (χ0) is 14.4. The van der Waals surface area contributed by atoms with Crippen molar-refractivity contribution in [2.24, 2.45) is 0 Å². The number of aryl methyl sites for hydroxylation is 2. The fraction of sp³-hybridized carbons (Fsp3) is 0.412. The molecule has 1 heterocycles. The number of carbonyl (C=O) groups is 1. The summed E-state index contributed by atoms with van der Waals surface area (Å²) in [5.74, 6) is 0. The summed E-state index contributed by atoms with van der Waals surface area (Å²) in [7, 11) is 0. The third-order valence-corrected chi connectivity index (χ3v) is 4.47. The van der Waals surface area contributed by atoms with Gasteiger partial charge in [-0.15, -0.1) is 11.3 Å². The average molecular weight is 287 g/mol. The van der Waals surface area contributed by atoms with Gasteiger partial charge in [-0.1, -0.05) is 56.0 Å². The standard InChI is InChI=1S/C17H21NOS/c1-3-4-5-6-7-15-16(12-19)20-17(18-15)14-10-8-13(2)9-11-14/h8-12H,3-7H2,1-2H3. The lowest BCUT2D eigenvalue weighted by atomic mass is 10.1. The molecular weight excluding hydrogens is 266 g/mol. The second-order valence-corrected chi connectivity index (χ2v) is 6.16. The molecule has 2 rings (SSSR count). The van der Waals surface area contributed by atoms with E-state index in [1.54, 1.807) is 0 Å². The first kappa shape index (κ1) is 14.9. The van der Waals surface area contributed by atoms with Crippen molar-refractivity contribution >= 4 is 17.6 Å². The van der Waals surface area contributed by atoms with Gasteiger partial charge in [0.1, 0.15) is 5.01 Å². The molecule has 0 fully saturated rings. The number of aromatic nitrogens is 1. The zero-order valence-corrected chi connectivity index (χ0v) is 13.0. The second-order valence-electron chi connectivity index (χ2n) is 5.12. The van der Waals surface area contributed by atoms with Crippen molar-refractivity contribution in [2.75, 3.05) is 0 Å².